The van der Waals surface area contributed by atoms with Gasteiger partial charge in [0.15, 0.2) is 0 Å². The van der Waals surface area contributed by atoms with Gasteiger partial charge in [0.25, 0.3) is 0 Å². The minimum atomic E-state index is -0.513. The number of rotatable bonds is 1. The van der Waals surface area contributed by atoms with Crippen LogP contribution in [0.4, 0.5) is 8.78 Å². The van der Waals surface area contributed by atoms with Gasteiger partial charge in [0.2, 0.25) is 0 Å². The van der Waals surface area contributed by atoms with E-state index in [9.17, 15) is 8.78 Å². The third kappa shape index (κ3) is 4.76. The van der Waals surface area contributed by atoms with Gasteiger partial charge in [-0.25, -0.2) is 8.78 Å². The van der Waals surface area contributed by atoms with E-state index < -0.39 is 11.6 Å². The van der Waals surface area contributed by atoms with Crippen LogP contribution >= 0.6 is 0 Å². The topological polar surface area (TPSA) is 0 Å². The molecule has 0 atom stereocenters. The molecule has 0 aliphatic rings. The van der Waals surface area contributed by atoms with E-state index in [1.165, 1.54) is 12.1 Å². The number of hydrogen-bond acceptors (Lipinski definition) is 0. The molecule has 0 N–H and O–H groups in total. The molecule has 0 unspecified atom stereocenters. The van der Waals surface area contributed by atoms with Crippen LogP contribution in [0.3, 0.4) is 0 Å². The normalized spacial score (nSPS) is 9.00. The first-order chi connectivity index (χ1) is 9.58. The molecule has 110 valence electrons. The van der Waals surface area contributed by atoms with Crippen molar-refractivity contribution in [3.05, 3.63) is 59.2 Å². The number of halogens is 2. The van der Waals surface area contributed by atoms with Crippen molar-refractivity contribution >= 4 is 0 Å². The van der Waals surface area contributed by atoms with Crippen LogP contribution in [0.15, 0.2) is 36.4 Å². The van der Waals surface area contributed by atoms with Gasteiger partial charge < -0.3 is 0 Å². The lowest BCUT2D eigenvalue weighted by Crippen LogP contribution is -1.91. The van der Waals surface area contributed by atoms with Crippen LogP contribution in [0.2, 0.25) is 0 Å². The summed E-state index contributed by atoms with van der Waals surface area (Å²) in [5.74, 6) is -1.03. The van der Waals surface area contributed by atoms with Crippen molar-refractivity contribution in [1.82, 2.24) is 0 Å². The lowest BCUT2D eigenvalue weighted by atomic mass is 10.0. The zero-order valence-electron chi connectivity index (χ0n) is 13.2. The van der Waals surface area contributed by atoms with Crippen LogP contribution in [-0.4, -0.2) is 0 Å². The second-order valence-electron chi connectivity index (χ2n) is 3.97. The first kappa shape index (κ1) is 18.3. The summed E-state index contributed by atoms with van der Waals surface area (Å²) in [5.41, 5.74) is 2.27. The Kier molecular flexibility index (Phi) is 8.46. The molecule has 2 rings (SSSR count). The second kappa shape index (κ2) is 9.24. The highest BCUT2D eigenvalue weighted by Crippen LogP contribution is 2.27. The summed E-state index contributed by atoms with van der Waals surface area (Å²) in [6.07, 6.45) is 0. The van der Waals surface area contributed by atoms with Gasteiger partial charge in [-0.15, -0.1) is 0 Å². The maximum Gasteiger partial charge on any atom is 0.134 e. The third-order valence-corrected chi connectivity index (χ3v) is 2.53. The second-order valence-corrected chi connectivity index (χ2v) is 3.97. The Labute approximate surface area is 121 Å². The number of benzene rings is 2. The van der Waals surface area contributed by atoms with Crippen molar-refractivity contribution in [3.63, 3.8) is 0 Å². The largest absolute Gasteiger partial charge is 0.206 e. The van der Waals surface area contributed by atoms with Gasteiger partial charge in [-0.2, -0.15) is 0 Å². The van der Waals surface area contributed by atoms with Gasteiger partial charge in [-0.3, -0.25) is 0 Å². The summed E-state index contributed by atoms with van der Waals surface area (Å²) in [6, 6.07) is 9.83. The standard InChI is InChI=1S/C14H12F2.2C2H6/c1-9-3-5-11(6-4-9)14-12(15)7-10(2)8-13(14)16;2*1-2/h3-8H,1-2H3;2*1-2H3. The first-order valence-electron chi connectivity index (χ1n) is 7.10. The van der Waals surface area contributed by atoms with Crippen molar-refractivity contribution in [2.24, 2.45) is 0 Å². The molecule has 0 spiro atoms. The van der Waals surface area contributed by atoms with Crippen LogP contribution in [0, 0.1) is 25.5 Å². The van der Waals surface area contributed by atoms with Crippen LogP contribution in [0.25, 0.3) is 11.1 Å². The highest BCUT2D eigenvalue weighted by molar-refractivity contribution is 5.65. The average Bonchev–Trinajstić information content (AvgIpc) is 2.44. The summed E-state index contributed by atoms with van der Waals surface area (Å²) in [7, 11) is 0. The Hall–Kier alpha value is -1.70. The minimum Gasteiger partial charge on any atom is -0.206 e. The summed E-state index contributed by atoms with van der Waals surface area (Å²) in [4.78, 5) is 0. The lowest BCUT2D eigenvalue weighted by molar-refractivity contribution is 0.587. The molecule has 20 heavy (non-hydrogen) atoms. The van der Waals surface area contributed by atoms with Crippen LogP contribution in [0.1, 0.15) is 38.8 Å². The molecule has 0 amide bonds. The molecular weight excluding hydrogens is 254 g/mol. The van der Waals surface area contributed by atoms with Crippen LogP contribution in [-0.2, 0) is 0 Å². The zero-order valence-corrected chi connectivity index (χ0v) is 13.2. The summed E-state index contributed by atoms with van der Waals surface area (Å²) >= 11 is 0. The quantitative estimate of drug-likeness (QED) is 0.574. The molecule has 0 saturated heterocycles. The molecule has 2 heteroatoms. The predicted molar refractivity (Wildman–Crippen MR) is 84.0 cm³/mol. The highest BCUT2D eigenvalue weighted by atomic mass is 19.1. The Morgan fingerprint density at radius 2 is 1.05 bits per heavy atom. The molecule has 0 radical (unpaired) electrons. The van der Waals surface area contributed by atoms with Gasteiger partial charge >= 0.3 is 0 Å². The van der Waals surface area contributed by atoms with Crippen LogP contribution in [0.5, 0.6) is 0 Å². The fourth-order valence-corrected chi connectivity index (χ4v) is 1.70. The van der Waals surface area contributed by atoms with Crippen molar-refractivity contribution in [2.75, 3.05) is 0 Å². The van der Waals surface area contributed by atoms with E-state index in [2.05, 4.69) is 0 Å². The Bertz CT molecular complexity index is 490. The molecule has 0 heterocycles. The molecule has 0 aliphatic carbocycles. The average molecular weight is 278 g/mol. The Morgan fingerprint density at radius 3 is 1.45 bits per heavy atom. The summed E-state index contributed by atoms with van der Waals surface area (Å²) in [5, 5.41) is 0. The van der Waals surface area contributed by atoms with E-state index in [1.54, 1.807) is 19.1 Å². The molecule has 2 aromatic rings. The van der Waals surface area contributed by atoms with E-state index in [0.29, 0.717) is 11.1 Å². The van der Waals surface area contributed by atoms with Gasteiger partial charge in [0, 0.05) is 0 Å². The molecule has 0 nitrogen and oxygen atoms in total. The molecule has 0 fully saturated rings. The van der Waals surface area contributed by atoms with Crippen molar-refractivity contribution in [3.8, 4) is 11.1 Å². The zero-order chi connectivity index (χ0) is 15.7. The molecule has 0 aliphatic heterocycles. The fourth-order valence-electron chi connectivity index (χ4n) is 1.70. The van der Waals surface area contributed by atoms with Crippen molar-refractivity contribution < 1.29 is 8.78 Å². The van der Waals surface area contributed by atoms with Gasteiger partial charge in [-0.05, 0) is 37.1 Å². The Balaban J connectivity index is 0.000000829. The maximum absolute atomic E-state index is 13.7. The van der Waals surface area contributed by atoms with Gasteiger partial charge in [0.1, 0.15) is 11.6 Å². The number of aryl methyl sites for hydroxylation is 2. The van der Waals surface area contributed by atoms with Gasteiger partial charge in [-0.1, -0.05) is 57.5 Å². The lowest BCUT2D eigenvalue weighted by Gasteiger charge is -2.06. The molecule has 0 aromatic heterocycles. The fraction of sp³-hybridized carbons (Fsp3) is 0.333. The molecular formula is C18H24F2. The Morgan fingerprint density at radius 1 is 0.650 bits per heavy atom. The first-order valence-corrected chi connectivity index (χ1v) is 7.10. The third-order valence-electron chi connectivity index (χ3n) is 2.53. The van der Waals surface area contributed by atoms with Crippen molar-refractivity contribution in [1.29, 1.82) is 0 Å². The van der Waals surface area contributed by atoms with Crippen LogP contribution < -0.4 is 0 Å². The van der Waals surface area contributed by atoms with Crippen molar-refractivity contribution in [2.45, 2.75) is 41.5 Å². The summed E-state index contributed by atoms with van der Waals surface area (Å²) < 4.78 is 27.3. The molecule has 2 aromatic carbocycles. The van der Waals surface area contributed by atoms with E-state index in [0.717, 1.165) is 5.56 Å². The molecule has 0 saturated carbocycles. The SMILES string of the molecule is CC.CC.Cc1ccc(-c2c(F)cc(C)cc2F)cc1. The predicted octanol–water partition coefficient (Wildman–Crippen LogP) is 6.30. The number of hydrogen-bond donors (Lipinski definition) is 0. The van der Waals surface area contributed by atoms with E-state index in [1.807, 2.05) is 46.8 Å². The minimum absolute atomic E-state index is 0.0469. The summed E-state index contributed by atoms with van der Waals surface area (Å²) in [6.45, 7) is 11.6. The monoisotopic (exact) mass is 278 g/mol. The van der Waals surface area contributed by atoms with E-state index in [-0.39, 0.29) is 5.56 Å². The molecule has 0 bridgehead atoms. The maximum atomic E-state index is 13.7. The smallest absolute Gasteiger partial charge is 0.134 e. The van der Waals surface area contributed by atoms with E-state index in [4.69, 9.17) is 0 Å². The highest BCUT2D eigenvalue weighted by Gasteiger charge is 2.11. The van der Waals surface area contributed by atoms with Gasteiger partial charge in [0.05, 0.1) is 5.56 Å². The van der Waals surface area contributed by atoms with E-state index >= 15 is 0 Å².